The normalized spacial score (nSPS) is 24.9. The molecule has 0 aromatic heterocycles. The van der Waals surface area contributed by atoms with E-state index in [2.05, 4.69) is 5.16 Å². The van der Waals surface area contributed by atoms with Crippen molar-refractivity contribution in [3.05, 3.63) is 70.7 Å². The molecular formula is C19H17ClN2O3. The Morgan fingerprint density at radius 3 is 2.56 bits per heavy atom. The van der Waals surface area contributed by atoms with Gasteiger partial charge in [0.1, 0.15) is 11.6 Å². The Bertz CT molecular complexity index is 807. The summed E-state index contributed by atoms with van der Waals surface area (Å²) < 4.78 is 0. The van der Waals surface area contributed by atoms with Gasteiger partial charge in [-0.25, -0.2) is 0 Å². The van der Waals surface area contributed by atoms with Gasteiger partial charge < -0.3 is 14.8 Å². The van der Waals surface area contributed by atoms with Crippen LogP contribution >= 0.6 is 11.6 Å². The van der Waals surface area contributed by atoms with E-state index in [0.717, 1.165) is 11.1 Å². The van der Waals surface area contributed by atoms with E-state index in [0.29, 0.717) is 23.7 Å². The third-order valence-electron chi connectivity index (χ3n) is 4.68. The lowest BCUT2D eigenvalue weighted by Gasteiger charge is -2.22. The molecule has 1 N–H and O–H groups in total. The molecule has 0 radical (unpaired) electrons. The number of aliphatic hydroxyl groups is 1. The standard InChI is InChI=1S/C19H17ClN2O3/c20-14-8-6-13(7-9-14)16-15-17(25-21-16)19(24)22(18(15)23)11-10-12-4-2-1-3-5-12/h1-9,15,17,19,24H,10-11H2/t15-,17+,19+/m1/s1. The zero-order valence-electron chi connectivity index (χ0n) is 13.4. The Morgan fingerprint density at radius 2 is 1.84 bits per heavy atom. The predicted octanol–water partition coefficient (Wildman–Crippen LogP) is 2.46. The van der Waals surface area contributed by atoms with Crippen LogP contribution in [0.2, 0.25) is 5.02 Å². The molecule has 2 aliphatic rings. The fourth-order valence-electron chi connectivity index (χ4n) is 3.35. The number of benzene rings is 2. The highest BCUT2D eigenvalue weighted by molar-refractivity contribution is 6.30. The van der Waals surface area contributed by atoms with Crippen LogP contribution in [-0.2, 0) is 16.1 Å². The van der Waals surface area contributed by atoms with Gasteiger partial charge in [0.15, 0.2) is 12.3 Å². The smallest absolute Gasteiger partial charge is 0.238 e. The monoisotopic (exact) mass is 356 g/mol. The van der Waals surface area contributed by atoms with Crippen LogP contribution in [-0.4, -0.2) is 40.5 Å². The summed E-state index contributed by atoms with van der Waals surface area (Å²) in [6.07, 6.45) is -0.972. The van der Waals surface area contributed by atoms with Gasteiger partial charge in [0.05, 0.1) is 0 Å². The number of oxime groups is 1. The number of carbonyl (C=O) groups excluding carboxylic acids is 1. The van der Waals surface area contributed by atoms with Gasteiger partial charge in [-0.1, -0.05) is 59.2 Å². The van der Waals surface area contributed by atoms with Crippen LogP contribution in [0.3, 0.4) is 0 Å². The molecule has 2 aliphatic heterocycles. The highest BCUT2D eigenvalue weighted by atomic mass is 35.5. The van der Waals surface area contributed by atoms with E-state index >= 15 is 0 Å². The van der Waals surface area contributed by atoms with E-state index in [-0.39, 0.29) is 5.91 Å². The zero-order valence-corrected chi connectivity index (χ0v) is 14.1. The molecule has 4 rings (SSSR count). The quantitative estimate of drug-likeness (QED) is 0.915. The Hall–Kier alpha value is -2.37. The number of hydrogen-bond donors (Lipinski definition) is 1. The molecule has 6 heteroatoms. The first kappa shape index (κ1) is 16.1. The molecule has 1 fully saturated rings. The second-order valence-corrected chi connectivity index (χ2v) is 6.65. The number of carbonyl (C=O) groups is 1. The largest absolute Gasteiger partial charge is 0.386 e. The number of aliphatic hydroxyl groups excluding tert-OH is 1. The highest BCUT2D eigenvalue weighted by Gasteiger charge is 2.54. The maximum Gasteiger partial charge on any atom is 0.238 e. The molecule has 0 unspecified atom stereocenters. The molecular weight excluding hydrogens is 340 g/mol. The second kappa shape index (κ2) is 6.50. The SMILES string of the molecule is O=C1[C@@H]2C(c3ccc(Cl)cc3)=NO[C@@H]2[C@H](O)N1CCc1ccccc1. The Morgan fingerprint density at radius 1 is 1.12 bits per heavy atom. The minimum atomic E-state index is -0.991. The number of rotatable bonds is 4. The first-order chi connectivity index (χ1) is 12.1. The average Bonchev–Trinajstić information content (AvgIpc) is 3.16. The molecule has 0 bridgehead atoms. The number of likely N-dealkylation sites (tertiary alicyclic amines) is 1. The molecule has 25 heavy (non-hydrogen) atoms. The van der Waals surface area contributed by atoms with Crippen molar-refractivity contribution in [2.24, 2.45) is 11.1 Å². The summed E-state index contributed by atoms with van der Waals surface area (Å²) in [5.74, 6) is -0.730. The van der Waals surface area contributed by atoms with E-state index in [1.54, 1.807) is 24.3 Å². The first-order valence-electron chi connectivity index (χ1n) is 8.17. The second-order valence-electron chi connectivity index (χ2n) is 6.21. The lowest BCUT2D eigenvalue weighted by atomic mass is 9.94. The van der Waals surface area contributed by atoms with Crippen molar-refractivity contribution in [1.29, 1.82) is 0 Å². The van der Waals surface area contributed by atoms with Crippen molar-refractivity contribution in [3.63, 3.8) is 0 Å². The van der Waals surface area contributed by atoms with Crippen LogP contribution in [0.4, 0.5) is 0 Å². The van der Waals surface area contributed by atoms with Gasteiger partial charge in [0.25, 0.3) is 0 Å². The molecule has 128 valence electrons. The summed E-state index contributed by atoms with van der Waals surface area (Å²) in [4.78, 5) is 19.7. The molecule has 0 saturated carbocycles. The molecule has 3 atom stereocenters. The fourth-order valence-corrected chi connectivity index (χ4v) is 3.48. The summed E-state index contributed by atoms with van der Waals surface area (Å²) in [6.45, 7) is 0.439. The number of nitrogens with zero attached hydrogens (tertiary/aromatic N) is 2. The molecule has 1 saturated heterocycles. The van der Waals surface area contributed by atoms with Gasteiger partial charge >= 0.3 is 0 Å². The number of halogens is 1. The van der Waals surface area contributed by atoms with E-state index in [1.807, 2.05) is 30.3 Å². The molecule has 1 amide bonds. The molecule has 2 heterocycles. The average molecular weight is 357 g/mol. The first-order valence-corrected chi connectivity index (χ1v) is 8.55. The van der Waals surface area contributed by atoms with Crippen molar-refractivity contribution < 1.29 is 14.7 Å². The van der Waals surface area contributed by atoms with E-state index < -0.39 is 18.2 Å². The Balaban J connectivity index is 1.52. The molecule has 0 aliphatic carbocycles. The summed E-state index contributed by atoms with van der Waals surface area (Å²) >= 11 is 5.92. The summed E-state index contributed by atoms with van der Waals surface area (Å²) in [7, 11) is 0. The third-order valence-corrected chi connectivity index (χ3v) is 4.93. The van der Waals surface area contributed by atoms with Gasteiger partial charge in [-0.05, 0) is 24.1 Å². The summed E-state index contributed by atoms with van der Waals surface area (Å²) in [6, 6.07) is 17.0. The molecule has 2 aromatic rings. The van der Waals surface area contributed by atoms with Gasteiger partial charge in [-0.3, -0.25) is 4.79 Å². The summed E-state index contributed by atoms with van der Waals surface area (Å²) in [5, 5.41) is 15.2. The summed E-state index contributed by atoms with van der Waals surface area (Å²) in [5.41, 5.74) is 2.45. The highest BCUT2D eigenvalue weighted by Crippen LogP contribution is 2.34. The van der Waals surface area contributed by atoms with Crippen LogP contribution in [0.5, 0.6) is 0 Å². The van der Waals surface area contributed by atoms with E-state index in [4.69, 9.17) is 16.4 Å². The van der Waals surface area contributed by atoms with Gasteiger partial charge in [0.2, 0.25) is 5.91 Å². The third kappa shape index (κ3) is 2.90. The van der Waals surface area contributed by atoms with Crippen molar-refractivity contribution >= 4 is 23.2 Å². The van der Waals surface area contributed by atoms with Crippen LogP contribution in [0, 0.1) is 5.92 Å². The Labute approximate surface area is 150 Å². The van der Waals surface area contributed by atoms with Gasteiger partial charge in [0, 0.05) is 17.1 Å². The minimum Gasteiger partial charge on any atom is -0.386 e. The van der Waals surface area contributed by atoms with Gasteiger partial charge in [-0.15, -0.1) is 0 Å². The van der Waals surface area contributed by atoms with E-state index in [9.17, 15) is 9.90 Å². The zero-order chi connectivity index (χ0) is 17.4. The van der Waals surface area contributed by atoms with Crippen molar-refractivity contribution in [2.75, 3.05) is 6.54 Å². The molecule has 0 spiro atoms. The number of amides is 1. The van der Waals surface area contributed by atoms with Gasteiger partial charge in [-0.2, -0.15) is 0 Å². The predicted molar refractivity (Wildman–Crippen MR) is 94.2 cm³/mol. The Kier molecular flexibility index (Phi) is 4.19. The molecule has 5 nitrogen and oxygen atoms in total. The topological polar surface area (TPSA) is 62.1 Å². The van der Waals surface area contributed by atoms with Crippen molar-refractivity contribution in [1.82, 2.24) is 4.90 Å². The maximum absolute atomic E-state index is 12.8. The minimum absolute atomic E-state index is 0.153. The van der Waals surface area contributed by atoms with Crippen LogP contribution < -0.4 is 0 Å². The molecule has 2 aromatic carbocycles. The van der Waals surface area contributed by atoms with E-state index in [1.165, 1.54) is 4.90 Å². The van der Waals surface area contributed by atoms with Crippen LogP contribution in [0.25, 0.3) is 0 Å². The number of fused-ring (bicyclic) bond motifs is 1. The maximum atomic E-state index is 12.8. The fraction of sp³-hybridized carbons (Fsp3) is 0.263. The lowest BCUT2D eigenvalue weighted by Crippen LogP contribution is -2.38. The lowest BCUT2D eigenvalue weighted by molar-refractivity contribution is -0.135. The van der Waals surface area contributed by atoms with Crippen LogP contribution in [0.1, 0.15) is 11.1 Å². The number of hydrogen-bond acceptors (Lipinski definition) is 4. The van der Waals surface area contributed by atoms with Crippen molar-refractivity contribution in [2.45, 2.75) is 18.8 Å². The van der Waals surface area contributed by atoms with Crippen LogP contribution in [0.15, 0.2) is 59.8 Å². The van der Waals surface area contributed by atoms with Crippen molar-refractivity contribution in [3.8, 4) is 0 Å².